The number of aromatic amines is 2. The molecule has 0 saturated heterocycles. The molecule has 1 aromatic rings. The number of carbonyl (C=O) groups excluding carboxylic acids is 1. The second kappa shape index (κ2) is 4.40. The average molecular weight is 213 g/mol. The monoisotopic (exact) mass is 213 g/mol. The van der Waals surface area contributed by atoms with Crippen molar-refractivity contribution in [1.29, 1.82) is 0 Å². The number of nitrogens with one attached hydrogen (secondary N) is 3. The van der Waals surface area contributed by atoms with Gasteiger partial charge in [-0.3, -0.25) is 9.78 Å². The third-order valence-electron chi connectivity index (χ3n) is 1.72. The van der Waals surface area contributed by atoms with Gasteiger partial charge >= 0.3 is 5.69 Å². The fraction of sp³-hybridized carbons (Fsp3) is 0.429. The van der Waals surface area contributed by atoms with Gasteiger partial charge in [0, 0.05) is 0 Å². The van der Waals surface area contributed by atoms with E-state index in [1.54, 1.807) is 6.92 Å². The minimum Gasteiger partial charge on any atom is -0.548 e. The van der Waals surface area contributed by atoms with Crippen LogP contribution in [0.2, 0.25) is 0 Å². The molecule has 8 heteroatoms. The van der Waals surface area contributed by atoms with E-state index >= 15 is 0 Å². The van der Waals surface area contributed by atoms with Crippen molar-refractivity contribution >= 4 is 11.8 Å². The van der Waals surface area contributed by atoms with E-state index in [9.17, 15) is 19.5 Å². The molecule has 0 spiro atoms. The maximum absolute atomic E-state index is 11.1. The standard InChI is InChI=1S/C7H10N4O4/c1-2-3(6(13)14)8-4-5(12)9-7(15)11-10-4/h3H,2H2,1H3,(H,8,10)(H,13,14)(H2,9,11,12,15)/p-1. The Morgan fingerprint density at radius 2 is 2.27 bits per heavy atom. The van der Waals surface area contributed by atoms with Crippen LogP contribution in [0, 0.1) is 0 Å². The molecule has 1 rings (SSSR count). The Kier molecular flexibility index (Phi) is 3.21. The Balaban J connectivity index is 2.94. The van der Waals surface area contributed by atoms with Crippen molar-refractivity contribution in [3.05, 3.63) is 20.8 Å². The second-order valence-corrected chi connectivity index (χ2v) is 2.78. The predicted octanol–water partition coefficient (Wildman–Crippen LogP) is -2.60. The summed E-state index contributed by atoms with van der Waals surface area (Å²) in [5.74, 6) is -1.60. The van der Waals surface area contributed by atoms with Gasteiger partial charge in [-0.1, -0.05) is 6.92 Å². The van der Waals surface area contributed by atoms with Crippen molar-refractivity contribution < 1.29 is 9.90 Å². The SMILES string of the molecule is CCC(Nc1n[nH]c(=O)[nH]c1=O)C(=O)[O-]. The molecule has 0 amide bonds. The number of anilines is 1. The number of hydrogen-bond donors (Lipinski definition) is 3. The molecule has 0 bridgehead atoms. The maximum atomic E-state index is 11.1. The van der Waals surface area contributed by atoms with Crippen LogP contribution in [0.4, 0.5) is 5.82 Å². The molecule has 1 atom stereocenters. The quantitative estimate of drug-likeness (QED) is 0.502. The maximum Gasteiger partial charge on any atom is 0.342 e. The minimum atomic E-state index is -1.34. The Morgan fingerprint density at radius 1 is 1.60 bits per heavy atom. The van der Waals surface area contributed by atoms with Crippen LogP contribution in [0.5, 0.6) is 0 Å². The molecule has 3 N–H and O–H groups in total. The molecular weight excluding hydrogens is 204 g/mol. The molecule has 0 fully saturated rings. The van der Waals surface area contributed by atoms with Gasteiger partial charge in [-0.25, -0.2) is 9.89 Å². The van der Waals surface area contributed by atoms with Gasteiger partial charge in [0.05, 0.1) is 12.0 Å². The smallest absolute Gasteiger partial charge is 0.342 e. The Hall–Kier alpha value is -2.12. The fourth-order valence-corrected chi connectivity index (χ4v) is 0.938. The molecule has 1 heterocycles. The van der Waals surface area contributed by atoms with Crippen molar-refractivity contribution in [1.82, 2.24) is 15.2 Å². The van der Waals surface area contributed by atoms with Crippen LogP contribution in [0.25, 0.3) is 0 Å². The normalized spacial score (nSPS) is 12.1. The van der Waals surface area contributed by atoms with Gasteiger partial charge in [0.25, 0.3) is 5.56 Å². The number of hydrogen-bond acceptors (Lipinski definition) is 6. The lowest BCUT2D eigenvalue weighted by molar-refractivity contribution is -0.306. The summed E-state index contributed by atoms with van der Waals surface area (Å²) >= 11 is 0. The second-order valence-electron chi connectivity index (χ2n) is 2.78. The summed E-state index contributed by atoms with van der Waals surface area (Å²) in [7, 11) is 0. The van der Waals surface area contributed by atoms with Gasteiger partial charge in [0.15, 0.2) is 0 Å². The van der Waals surface area contributed by atoms with Gasteiger partial charge in [-0.15, -0.1) is 5.10 Å². The highest BCUT2D eigenvalue weighted by atomic mass is 16.4. The molecule has 1 unspecified atom stereocenters. The number of rotatable bonds is 4. The topological polar surface area (TPSA) is 131 Å². The largest absolute Gasteiger partial charge is 0.548 e. The van der Waals surface area contributed by atoms with E-state index in [2.05, 4.69) is 10.4 Å². The first kappa shape index (κ1) is 11.0. The van der Waals surface area contributed by atoms with Crippen LogP contribution in [0.1, 0.15) is 13.3 Å². The van der Waals surface area contributed by atoms with Gasteiger partial charge in [-0.05, 0) is 6.42 Å². The van der Waals surface area contributed by atoms with Crippen molar-refractivity contribution in [2.24, 2.45) is 0 Å². The first-order chi connectivity index (χ1) is 7.04. The third-order valence-corrected chi connectivity index (χ3v) is 1.72. The van der Waals surface area contributed by atoms with E-state index in [4.69, 9.17) is 0 Å². The van der Waals surface area contributed by atoms with Gasteiger partial charge in [0.2, 0.25) is 5.82 Å². The van der Waals surface area contributed by atoms with Crippen LogP contribution in [0.15, 0.2) is 9.59 Å². The number of carboxylic acid groups (broad SMARTS) is 1. The molecule has 15 heavy (non-hydrogen) atoms. The lowest BCUT2D eigenvalue weighted by Gasteiger charge is -2.16. The number of aliphatic carboxylic acids is 1. The zero-order valence-corrected chi connectivity index (χ0v) is 7.86. The predicted molar refractivity (Wildman–Crippen MR) is 48.2 cm³/mol. The van der Waals surface area contributed by atoms with Crippen LogP contribution in [-0.4, -0.2) is 27.2 Å². The van der Waals surface area contributed by atoms with Gasteiger partial charge in [0.1, 0.15) is 0 Å². The summed E-state index contributed by atoms with van der Waals surface area (Å²) in [6.07, 6.45) is 0.225. The molecule has 0 saturated carbocycles. The molecule has 0 radical (unpaired) electrons. The Bertz CT molecular complexity index is 463. The van der Waals surface area contributed by atoms with Crippen LogP contribution < -0.4 is 21.7 Å². The molecule has 0 aliphatic heterocycles. The number of carbonyl (C=O) groups is 1. The van der Waals surface area contributed by atoms with E-state index in [1.807, 2.05) is 10.1 Å². The van der Waals surface area contributed by atoms with E-state index in [0.717, 1.165) is 0 Å². The summed E-state index contributed by atoms with van der Waals surface area (Å²) in [6.45, 7) is 1.60. The molecule has 1 aromatic heterocycles. The first-order valence-electron chi connectivity index (χ1n) is 4.21. The summed E-state index contributed by atoms with van der Waals surface area (Å²) in [6, 6.07) is -1.02. The minimum absolute atomic E-state index is 0.225. The van der Waals surface area contributed by atoms with E-state index in [-0.39, 0.29) is 12.2 Å². The number of carboxylic acids is 1. The zero-order chi connectivity index (χ0) is 11.4. The fourth-order valence-electron chi connectivity index (χ4n) is 0.938. The summed E-state index contributed by atoms with van der Waals surface area (Å²) in [4.78, 5) is 34.1. The van der Waals surface area contributed by atoms with Gasteiger partial charge < -0.3 is 15.2 Å². The molecule has 8 nitrogen and oxygen atoms in total. The highest BCUT2D eigenvalue weighted by Gasteiger charge is 2.10. The molecule has 0 aromatic carbocycles. The highest BCUT2D eigenvalue weighted by molar-refractivity contribution is 5.74. The molecule has 0 aliphatic rings. The molecule has 82 valence electrons. The number of nitrogens with zero attached hydrogens (tertiary/aromatic N) is 1. The van der Waals surface area contributed by atoms with Crippen molar-refractivity contribution in [3.8, 4) is 0 Å². The van der Waals surface area contributed by atoms with Crippen LogP contribution >= 0.6 is 0 Å². The lowest BCUT2D eigenvalue weighted by atomic mass is 10.2. The summed E-state index contributed by atoms with van der Waals surface area (Å²) < 4.78 is 0. The third kappa shape index (κ3) is 2.66. The number of H-pyrrole nitrogens is 2. The van der Waals surface area contributed by atoms with E-state index < -0.39 is 23.3 Å². The number of aromatic nitrogens is 3. The van der Waals surface area contributed by atoms with Crippen molar-refractivity contribution in [2.75, 3.05) is 5.32 Å². The summed E-state index contributed by atoms with van der Waals surface area (Å²) in [5, 5.41) is 18.2. The van der Waals surface area contributed by atoms with Crippen LogP contribution in [-0.2, 0) is 4.79 Å². The Morgan fingerprint density at radius 3 is 2.73 bits per heavy atom. The van der Waals surface area contributed by atoms with E-state index in [0.29, 0.717) is 0 Å². The van der Waals surface area contributed by atoms with E-state index in [1.165, 1.54) is 0 Å². The average Bonchev–Trinajstić information content (AvgIpc) is 2.16. The highest BCUT2D eigenvalue weighted by Crippen LogP contribution is 1.97. The van der Waals surface area contributed by atoms with Crippen molar-refractivity contribution in [2.45, 2.75) is 19.4 Å². The van der Waals surface area contributed by atoms with Gasteiger partial charge in [-0.2, -0.15) is 0 Å². The first-order valence-corrected chi connectivity index (χ1v) is 4.21. The summed E-state index contributed by atoms with van der Waals surface area (Å²) in [5.41, 5.74) is -1.54. The molecular formula is C7H9N4O4-. The zero-order valence-electron chi connectivity index (χ0n) is 7.86. The Labute approximate surface area is 83.3 Å². The van der Waals surface area contributed by atoms with Crippen molar-refractivity contribution in [3.63, 3.8) is 0 Å². The molecule has 0 aliphatic carbocycles. The lowest BCUT2D eigenvalue weighted by Crippen LogP contribution is -2.42. The van der Waals surface area contributed by atoms with Crippen LogP contribution in [0.3, 0.4) is 0 Å².